The molecule has 5 heteroatoms. The Morgan fingerprint density at radius 1 is 1.35 bits per heavy atom. The van der Waals surface area contributed by atoms with Crippen molar-refractivity contribution in [2.45, 2.75) is 6.54 Å². The van der Waals surface area contributed by atoms with E-state index in [2.05, 4.69) is 28.2 Å². The van der Waals surface area contributed by atoms with E-state index in [1.807, 2.05) is 36.4 Å². The summed E-state index contributed by atoms with van der Waals surface area (Å²) in [4.78, 5) is 3.34. The van der Waals surface area contributed by atoms with Crippen molar-refractivity contribution >= 4 is 46.0 Å². The van der Waals surface area contributed by atoms with Gasteiger partial charge in [-0.2, -0.15) is 0 Å². The first kappa shape index (κ1) is 15.0. The molecule has 0 aliphatic rings. The molecule has 2 nitrogen and oxygen atoms in total. The number of halogens is 1. The third kappa shape index (κ3) is 4.34. The highest BCUT2D eigenvalue weighted by Gasteiger charge is 2.09. The molecule has 0 radical (unpaired) electrons. The van der Waals surface area contributed by atoms with E-state index in [9.17, 15) is 0 Å². The third-order valence-corrected chi connectivity index (χ3v) is 4.13. The molecule has 0 unspecified atom stereocenters. The predicted molar refractivity (Wildman–Crippen MR) is 92.6 cm³/mol. The molecular formula is C15H15ClN2S2. The molecule has 0 saturated heterocycles. The second-order valence-electron chi connectivity index (χ2n) is 4.19. The number of hydrogen-bond acceptors (Lipinski definition) is 2. The summed E-state index contributed by atoms with van der Waals surface area (Å²) < 4.78 is 0. The Morgan fingerprint density at radius 2 is 2.10 bits per heavy atom. The van der Waals surface area contributed by atoms with Crippen molar-refractivity contribution in [3.63, 3.8) is 0 Å². The van der Waals surface area contributed by atoms with Gasteiger partial charge in [0.25, 0.3) is 0 Å². The number of thiocarbonyl (C=S) groups is 1. The lowest BCUT2D eigenvalue weighted by Crippen LogP contribution is -2.34. The highest BCUT2D eigenvalue weighted by molar-refractivity contribution is 7.80. The molecule has 0 aliphatic heterocycles. The van der Waals surface area contributed by atoms with Crippen LogP contribution < -0.4 is 5.32 Å². The smallest absolute Gasteiger partial charge is 0.174 e. The predicted octanol–water partition coefficient (Wildman–Crippen LogP) is 4.79. The zero-order valence-electron chi connectivity index (χ0n) is 10.9. The molecule has 2 rings (SSSR count). The largest absolute Gasteiger partial charge is 0.340 e. The number of anilines is 1. The first-order valence-corrected chi connectivity index (χ1v) is 7.80. The number of nitrogens with zero attached hydrogens (tertiary/aromatic N) is 1. The van der Waals surface area contributed by atoms with Gasteiger partial charge in [0.05, 0.1) is 6.54 Å². The van der Waals surface area contributed by atoms with Crippen LogP contribution in [0.15, 0.2) is 54.4 Å². The summed E-state index contributed by atoms with van der Waals surface area (Å²) in [7, 11) is 0. The second-order valence-corrected chi connectivity index (χ2v) is 6.04. The normalized spacial score (nSPS) is 10.1. The molecule has 1 N–H and O–H groups in total. The summed E-state index contributed by atoms with van der Waals surface area (Å²) in [5, 5.41) is 6.68. The van der Waals surface area contributed by atoms with Gasteiger partial charge in [0.15, 0.2) is 5.11 Å². The fourth-order valence-electron chi connectivity index (χ4n) is 1.70. The summed E-state index contributed by atoms with van der Waals surface area (Å²) in [6.45, 7) is 5.27. The van der Waals surface area contributed by atoms with Gasteiger partial charge >= 0.3 is 0 Å². The Morgan fingerprint density at radius 3 is 2.70 bits per heavy atom. The van der Waals surface area contributed by atoms with E-state index in [-0.39, 0.29) is 0 Å². The fraction of sp³-hybridized carbons (Fsp3) is 0.133. The molecule has 0 saturated carbocycles. The van der Waals surface area contributed by atoms with Crippen LogP contribution in [-0.4, -0.2) is 16.6 Å². The first-order chi connectivity index (χ1) is 9.69. The van der Waals surface area contributed by atoms with Crippen LogP contribution in [0.3, 0.4) is 0 Å². The molecule has 1 heterocycles. The molecule has 104 valence electrons. The summed E-state index contributed by atoms with van der Waals surface area (Å²) in [5.74, 6) is 0. The number of thiophene rings is 1. The van der Waals surface area contributed by atoms with E-state index < -0.39 is 0 Å². The molecule has 0 aliphatic carbocycles. The molecule has 20 heavy (non-hydrogen) atoms. The SMILES string of the molecule is C=CCN(Cc1cccs1)C(=S)Nc1ccc(Cl)cc1. The number of hydrogen-bond donors (Lipinski definition) is 1. The molecule has 0 amide bonds. The standard InChI is InChI=1S/C15H15ClN2S2/c1-2-9-18(11-14-4-3-10-20-14)15(19)17-13-7-5-12(16)6-8-13/h2-8,10H,1,9,11H2,(H,17,19). The number of nitrogens with one attached hydrogen (secondary N) is 1. The molecule has 0 fully saturated rings. The van der Waals surface area contributed by atoms with Gasteiger partial charge in [0, 0.05) is 22.1 Å². The average Bonchev–Trinajstić information content (AvgIpc) is 2.94. The van der Waals surface area contributed by atoms with Crippen LogP contribution in [-0.2, 0) is 6.54 Å². The Hall–Kier alpha value is -1.36. The minimum absolute atomic E-state index is 0.681. The summed E-state index contributed by atoms with van der Waals surface area (Å²) in [6, 6.07) is 11.6. The van der Waals surface area contributed by atoms with E-state index in [1.165, 1.54) is 4.88 Å². The van der Waals surface area contributed by atoms with Gasteiger partial charge in [-0.15, -0.1) is 17.9 Å². The maximum atomic E-state index is 5.87. The summed E-state index contributed by atoms with van der Waals surface area (Å²) in [6.07, 6.45) is 1.85. The molecular weight excluding hydrogens is 308 g/mol. The lowest BCUT2D eigenvalue weighted by Gasteiger charge is -2.24. The quantitative estimate of drug-likeness (QED) is 0.629. The van der Waals surface area contributed by atoms with Crippen LogP contribution in [0.5, 0.6) is 0 Å². The van der Waals surface area contributed by atoms with Crippen LogP contribution in [0.4, 0.5) is 5.69 Å². The Labute approximate surface area is 133 Å². The van der Waals surface area contributed by atoms with Gasteiger partial charge in [-0.1, -0.05) is 23.7 Å². The van der Waals surface area contributed by atoms with Gasteiger partial charge < -0.3 is 10.2 Å². The van der Waals surface area contributed by atoms with E-state index in [0.717, 1.165) is 12.2 Å². The Bertz CT molecular complexity index is 564. The van der Waals surface area contributed by atoms with E-state index in [0.29, 0.717) is 16.7 Å². The van der Waals surface area contributed by atoms with Gasteiger partial charge in [-0.3, -0.25) is 0 Å². The lowest BCUT2D eigenvalue weighted by molar-refractivity contribution is 0.468. The molecule has 0 spiro atoms. The minimum Gasteiger partial charge on any atom is -0.340 e. The first-order valence-electron chi connectivity index (χ1n) is 6.14. The Kier molecular flexibility index (Phi) is 5.59. The topological polar surface area (TPSA) is 15.3 Å². The molecule has 0 atom stereocenters. The monoisotopic (exact) mass is 322 g/mol. The Balaban J connectivity index is 2.02. The maximum Gasteiger partial charge on any atom is 0.174 e. The fourth-order valence-corrected chi connectivity index (χ4v) is 2.80. The van der Waals surface area contributed by atoms with Gasteiger partial charge in [0.1, 0.15) is 0 Å². The summed E-state index contributed by atoms with van der Waals surface area (Å²) in [5.41, 5.74) is 0.930. The van der Waals surface area contributed by atoms with Crippen LogP contribution in [0.25, 0.3) is 0 Å². The zero-order valence-corrected chi connectivity index (χ0v) is 13.3. The highest BCUT2D eigenvalue weighted by atomic mass is 35.5. The van der Waals surface area contributed by atoms with Crippen molar-refractivity contribution in [3.8, 4) is 0 Å². The third-order valence-electron chi connectivity index (χ3n) is 2.66. The summed E-state index contributed by atoms with van der Waals surface area (Å²) >= 11 is 13.1. The second kappa shape index (κ2) is 7.43. The van der Waals surface area contributed by atoms with Crippen molar-refractivity contribution in [1.82, 2.24) is 4.90 Å². The maximum absolute atomic E-state index is 5.87. The van der Waals surface area contributed by atoms with Crippen molar-refractivity contribution in [3.05, 3.63) is 64.3 Å². The van der Waals surface area contributed by atoms with E-state index >= 15 is 0 Å². The lowest BCUT2D eigenvalue weighted by atomic mass is 10.3. The number of benzene rings is 1. The average molecular weight is 323 g/mol. The molecule has 2 aromatic rings. The minimum atomic E-state index is 0.681. The van der Waals surface area contributed by atoms with Crippen LogP contribution in [0.1, 0.15) is 4.88 Å². The molecule has 0 bridgehead atoms. The van der Waals surface area contributed by atoms with Crippen LogP contribution >= 0.6 is 35.2 Å². The van der Waals surface area contributed by atoms with Crippen LogP contribution in [0, 0.1) is 0 Å². The van der Waals surface area contributed by atoms with Gasteiger partial charge in [-0.05, 0) is 47.9 Å². The van der Waals surface area contributed by atoms with Crippen molar-refractivity contribution in [2.24, 2.45) is 0 Å². The molecule has 1 aromatic heterocycles. The van der Waals surface area contributed by atoms with Gasteiger partial charge in [0.2, 0.25) is 0 Å². The van der Waals surface area contributed by atoms with Crippen molar-refractivity contribution in [2.75, 3.05) is 11.9 Å². The van der Waals surface area contributed by atoms with Crippen LogP contribution in [0.2, 0.25) is 5.02 Å². The van der Waals surface area contributed by atoms with Crippen molar-refractivity contribution < 1.29 is 0 Å². The van der Waals surface area contributed by atoms with E-state index in [1.54, 1.807) is 11.3 Å². The van der Waals surface area contributed by atoms with E-state index in [4.69, 9.17) is 23.8 Å². The zero-order chi connectivity index (χ0) is 14.4. The van der Waals surface area contributed by atoms with Crippen molar-refractivity contribution in [1.29, 1.82) is 0 Å². The number of rotatable bonds is 5. The molecule has 1 aromatic carbocycles. The highest BCUT2D eigenvalue weighted by Crippen LogP contribution is 2.16. The van der Waals surface area contributed by atoms with Gasteiger partial charge in [-0.25, -0.2) is 0 Å².